The smallest absolute Gasteiger partial charge is 0.416 e. The molecule has 1 aliphatic rings. The van der Waals surface area contributed by atoms with Crippen LogP contribution in [-0.2, 0) is 11.0 Å². The molecule has 0 radical (unpaired) electrons. The van der Waals surface area contributed by atoms with E-state index in [-0.39, 0.29) is 11.4 Å². The minimum absolute atomic E-state index is 0.0655. The number of carbonyl (C=O) groups is 1. The van der Waals surface area contributed by atoms with Gasteiger partial charge in [-0.25, -0.2) is 5.43 Å². The van der Waals surface area contributed by atoms with Crippen LogP contribution in [0.4, 0.5) is 30.2 Å². The zero-order chi connectivity index (χ0) is 23.2. The molecule has 1 amide bonds. The van der Waals surface area contributed by atoms with Gasteiger partial charge in [0.15, 0.2) is 5.75 Å². The Morgan fingerprint density at radius 2 is 1.72 bits per heavy atom. The van der Waals surface area contributed by atoms with Gasteiger partial charge in [0.25, 0.3) is 5.91 Å². The molecule has 0 aliphatic carbocycles. The van der Waals surface area contributed by atoms with Crippen LogP contribution in [0.15, 0.2) is 59.1 Å². The van der Waals surface area contributed by atoms with E-state index in [1.165, 1.54) is 11.0 Å². The summed E-state index contributed by atoms with van der Waals surface area (Å²) in [6.07, 6.45) is -4.54. The molecule has 0 bridgehead atoms. The Kier molecular flexibility index (Phi) is 5.64. The van der Waals surface area contributed by atoms with Gasteiger partial charge >= 0.3 is 6.18 Å². The maximum atomic E-state index is 13.4. The number of aromatic hydroxyl groups is 1. The highest BCUT2D eigenvalue weighted by molar-refractivity contribution is 9.10. The van der Waals surface area contributed by atoms with Crippen LogP contribution >= 0.6 is 15.9 Å². The molecule has 1 heterocycles. The standard InChI is InChI=1S/C23H19BrF3N3O2/c1-12-8-13(2)10-15(9-12)30-19-11-14(23(25,26)27)6-7-16(19)20(22(30)32)29-28-18-5-3-4-17(24)21(18)31/h3-11,20,28-29,31H,1-2H3. The zero-order valence-corrected chi connectivity index (χ0v) is 18.7. The quantitative estimate of drug-likeness (QED) is 0.295. The highest BCUT2D eigenvalue weighted by atomic mass is 79.9. The van der Waals surface area contributed by atoms with Crippen LogP contribution in [0.25, 0.3) is 0 Å². The number of aryl methyl sites for hydroxylation is 2. The Hall–Kier alpha value is -3.04. The summed E-state index contributed by atoms with van der Waals surface area (Å²) in [6, 6.07) is 12.7. The second-order valence-electron chi connectivity index (χ2n) is 7.63. The minimum atomic E-state index is -4.54. The number of fused-ring (bicyclic) bond motifs is 1. The van der Waals surface area contributed by atoms with Crippen molar-refractivity contribution in [2.45, 2.75) is 26.1 Å². The van der Waals surface area contributed by atoms with Gasteiger partial charge in [0, 0.05) is 11.3 Å². The highest BCUT2D eigenvalue weighted by Gasteiger charge is 2.41. The maximum absolute atomic E-state index is 13.4. The summed E-state index contributed by atoms with van der Waals surface area (Å²) in [4.78, 5) is 14.7. The Labute approximate surface area is 191 Å². The lowest BCUT2D eigenvalue weighted by atomic mass is 10.1. The maximum Gasteiger partial charge on any atom is 0.416 e. The molecule has 4 rings (SSSR count). The van der Waals surface area contributed by atoms with Crippen LogP contribution in [-0.4, -0.2) is 11.0 Å². The van der Waals surface area contributed by atoms with Gasteiger partial charge in [-0.1, -0.05) is 18.2 Å². The van der Waals surface area contributed by atoms with Crippen molar-refractivity contribution in [3.05, 3.63) is 81.3 Å². The number of alkyl halides is 3. The second-order valence-corrected chi connectivity index (χ2v) is 8.48. The van der Waals surface area contributed by atoms with E-state index in [4.69, 9.17) is 0 Å². The average molecular weight is 506 g/mol. The highest BCUT2D eigenvalue weighted by Crippen LogP contribution is 2.44. The van der Waals surface area contributed by atoms with Crippen LogP contribution in [0.1, 0.15) is 28.3 Å². The Balaban J connectivity index is 1.76. The van der Waals surface area contributed by atoms with Gasteiger partial charge in [0.05, 0.1) is 21.4 Å². The SMILES string of the molecule is Cc1cc(C)cc(N2C(=O)C(NNc3cccc(Br)c3O)c3ccc(C(F)(F)F)cc32)c1. The van der Waals surface area contributed by atoms with Crippen LogP contribution in [0.2, 0.25) is 0 Å². The molecule has 1 aliphatic heterocycles. The molecule has 0 saturated heterocycles. The molecular formula is C23H19BrF3N3O2. The number of anilines is 3. The van der Waals surface area contributed by atoms with Crippen molar-refractivity contribution >= 4 is 38.9 Å². The number of carbonyl (C=O) groups excluding carboxylic acids is 1. The summed E-state index contributed by atoms with van der Waals surface area (Å²) in [5.41, 5.74) is 7.95. The molecule has 3 N–H and O–H groups in total. The third-order valence-electron chi connectivity index (χ3n) is 5.18. The molecule has 0 saturated carbocycles. The number of amides is 1. The monoisotopic (exact) mass is 505 g/mol. The van der Waals surface area contributed by atoms with E-state index >= 15 is 0 Å². The number of rotatable bonds is 4. The third kappa shape index (κ3) is 4.05. The first-order chi connectivity index (χ1) is 15.1. The van der Waals surface area contributed by atoms with Crippen molar-refractivity contribution in [3.63, 3.8) is 0 Å². The zero-order valence-electron chi connectivity index (χ0n) is 17.1. The molecule has 1 unspecified atom stereocenters. The van der Waals surface area contributed by atoms with E-state index in [9.17, 15) is 23.1 Å². The van der Waals surface area contributed by atoms with Crippen molar-refractivity contribution in [1.82, 2.24) is 5.43 Å². The van der Waals surface area contributed by atoms with Gasteiger partial charge in [-0.2, -0.15) is 13.2 Å². The van der Waals surface area contributed by atoms with Gasteiger partial charge in [-0.3, -0.25) is 9.69 Å². The van der Waals surface area contributed by atoms with Gasteiger partial charge in [-0.05, 0) is 77.3 Å². The van der Waals surface area contributed by atoms with Gasteiger partial charge in [0.1, 0.15) is 6.04 Å². The van der Waals surface area contributed by atoms with E-state index in [1.807, 2.05) is 19.9 Å². The summed E-state index contributed by atoms with van der Waals surface area (Å²) in [7, 11) is 0. The average Bonchev–Trinajstić information content (AvgIpc) is 2.98. The first kappa shape index (κ1) is 22.2. The molecular weight excluding hydrogens is 487 g/mol. The van der Waals surface area contributed by atoms with Crippen LogP contribution in [0.3, 0.4) is 0 Å². The number of halogens is 4. The number of nitrogens with zero attached hydrogens (tertiary/aromatic N) is 1. The van der Waals surface area contributed by atoms with Crippen molar-refractivity contribution in [1.29, 1.82) is 0 Å². The number of para-hydroxylation sites is 1. The van der Waals surface area contributed by atoms with E-state index in [2.05, 4.69) is 26.8 Å². The largest absolute Gasteiger partial charge is 0.505 e. The van der Waals surface area contributed by atoms with E-state index in [1.54, 1.807) is 30.3 Å². The Morgan fingerprint density at radius 1 is 1.03 bits per heavy atom. The van der Waals surface area contributed by atoms with Crippen molar-refractivity contribution in [2.75, 3.05) is 10.3 Å². The molecule has 166 valence electrons. The fourth-order valence-corrected chi connectivity index (χ4v) is 4.16. The number of benzene rings is 3. The molecule has 9 heteroatoms. The lowest BCUT2D eigenvalue weighted by Gasteiger charge is -2.20. The summed E-state index contributed by atoms with van der Waals surface area (Å²) in [5.74, 6) is -0.504. The molecule has 32 heavy (non-hydrogen) atoms. The van der Waals surface area contributed by atoms with Gasteiger partial charge in [0.2, 0.25) is 0 Å². The Morgan fingerprint density at radius 3 is 2.38 bits per heavy atom. The Bertz CT molecular complexity index is 1190. The van der Waals surface area contributed by atoms with E-state index in [0.717, 1.165) is 23.3 Å². The topological polar surface area (TPSA) is 64.6 Å². The predicted molar refractivity (Wildman–Crippen MR) is 120 cm³/mol. The van der Waals surface area contributed by atoms with E-state index in [0.29, 0.717) is 21.4 Å². The van der Waals surface area contributed by atoms with Gasteiger partial charge < -0.3 is 10.5 Å². The number of hydrazine groups is 1. The molecule has 3 aromatic rings. The summed E-state index contributed by atoms with van der Waals surface area (Å²) >= 11 is 3.22. The number of hydrogen-bond acceptors (Lipinski definition) is 4. The first-order valence-electron chi connectivity index (χ1n) is 9.68. The molecule has 5 nitrogen and oxygen atoms in total. The van der Waals surface area contributed by atoms with Crippen LogP contribution in [0.5, 0.6) is 5.75 Å². The predicted octanol–water partition coefficient (Wildman–Crippen LogP) is 6.13. The number of nitrogens with one attached hydrogen (secondary N) is 2. The summed E-state index contributed by atoms with van der Waals surface area (Å²) in [6.45, 7) is 3.72. The molecule has 3 aromatic carbocycles. The van der Waals surface area contributed by atoms with Crippen LogP contribution < -0.4 is 15.8 Å². The fourth-order valence-electron chi connectivity index (χ4n) is 3.79. The fraction of sp³-hybridized carbons (Fsp3) is 0.174. The molecule has 0 fully saturated rings. The second kappa shape index (κ2) is 8.14. The number of hydrogen-bond donors (Lipinski definition) is 3. The first-order valence-corrected chi connectivity index (χ1v) is 10.5. The lowest BCUT2D eigenvalue weighted by Crippen LogP contribution is -2.35. The number of phenols is 1. The van der Waals surface area contributed by atoms with E-state index < -0.39 is 23.7 Å². The molecule has 1 atom stereocenters. The molecule has 0 aromatic heterocycles. The minimum Gasteiger partial charge on any atom is -0.505 e. The van der Waals surface area contributed by atoms with Crippen LogP contribution in [0, 0.1) is 13.8 Å². The molecule has 0 spiro atoms. The summed E-state index contributed by atoms with van der Waals surface area (Å²) in [5, 5.41) is 10.2. The van der Waals surface area contributed by atoms with Crippen molar-refractivity contribution in [3.8, 4) is 5.75 Å². The number of phenolic OH excluding ortho intramolecular Hbond substituents is 1. The lowest BCUT2D eigenvalue weighted by molar-refractivity contribution is -0.137. The third-order valence-corrected chi connectivity index (χ3v) is 5.82. The summed E-state index contributed by atoms with van der Waals surface area (Å²) < 4.78 is 40.6. The van der Waals surface area contributed by atoms with Crippen molar-refractivity contribution in [2.24, 2.45) is 0 Å². The van der Waals surface area contributed by atoms with Crippen molar-refractivity contribution < 1.29 is 23.1 Å². The normalized spacial score (nSPS) is 15.8. The van der Waals surface area contributed by atoms with Gasteiger partial charge in [-0.15, -0.1) is 0 Å².